The molecule has 76 valence electrons. The van der Waals surface area contributed by atoms with E-state index in [0.29, 0.717) is 11.3 Å². The summed E-state index contributed by atoms with van der Waals surface area (Å²) >= 11 is 0. The van der Waals surface area contributed by atoms with Gasteiger partial charge in [-0.2, -0.15) is 5.10 Å². The lowest BCUT2D eigenvalue weighted by atomic mass is 10.1. The van der Waals surface area contributed by atoms with Crippen LogP contribution in [0.1, 0.15) is 12.5 Å². The first-order valence-electron chi connectivity index (χ1n) is 4.60. The molecule has 0 saturated carbocycles. The third-order valence-corrected chi connectivity index (χ3v) is 2.34. The largest absolute Gasteiger partial charge is 0.323 e. The van der Waals surface area contributed by atoms with Gasteiger partial charge in [0.05, 0.1) is 11.3 Å². The van der Waals surface area contributed by atoms with Crippen molar-refractivity contribution in [3.63, 3.8) is 0 Å². The van der Waals surface area contributed by atoms with Gasteiger partial charge in [0.25, 0.3) is 5.56 Å². The van der Waals surface area contributed by atoms with Crippen LogP contribution in [0.2, 0.25) is 0 Å². The summed E-state index contributed by atoms with van der Waals surface area (Å²) in [7, 11) is 0. The first kappa shape index (κ1) is 9.45. The summed E-state index contributed by atoms with van der Waals surface area (Å²) < 4.78 is 0. The van der Waals surface area contributed by atoms with Crippen molar-refractivity contribution in [3.05, 3.63) is 46.2 Å². The number of aromatic nitrogens is 1. The lowest BCUT2D eigenvalue weighted by Crippen LogP contribution is -2.11. The minimum absolute atomic E-state index is 0.150. The van der Waals surface area contributed by atoms with Crippen LogP contribution >= 0.6 is 0 Å². The third kappa shape index (κ3) is 1.50. The van der Waals surface area contributed by atoms with Crippen molar-refractivity contribution in [2.24, 2.45) is 10.9 Å². The number of hydrogen-bond acceptors (Lipinski definition) is 3. The maximum atomic E-state index is 11.6. The van der Waals surface area contributed by atoms with Gasteiger partial charge in [-0.05, 0) is 13.0 Å². The van der Waals surface area contributed by atoms with Crippen LogP contribution in [0.5, 0.6) is 0 Å². The number of H-pyrrole nitrogens is 1. The minimum atomic E-state index is -0.150. The summed E-state index contributed by atoms with van der Waals surface area (Å²) in [6, 6.07) is 9.37. The van der Waals surface area contributed by atoms with E-state index in [-0.39, 0.29) is 5.56 Å². The van der Waals surface area contributed by atoms with E-state index in [1.54, 1.807) is 6.92 Å². The Kier molecular flexibility index (Phi) is 2.25. The molecule has 0 amide bonds. The Bertz CT molecular complexity index is 542. The van der Waals surface area contributed by atoms with Crippen LogP contribution in [0.25, 0.3) is 11.3 Å². The van der Waals surface area contributed by atoms with Crippen molar-refractivity contribution in [2.45, 2.75) is 6.92 Å². The fourth-order valence-corrected chi connectivity index (χ4v) is 1.61. The van der Waals surface area contributed by atoms with Crippen LogP contribution in [0.15, 0.2) is 40.2 Å². The molecule has 0 bridgehead atoms. The van der Waals surface area contributed by atoms with Crippen molar-refractivity contribution in [3.8, 4) is 11.3 Å². The van der Waals surface area contributed by atoms with Gasteiger partial charge < -0.3 is 10.8 Å². The minimum Gasteiger partial charge on any atom is -0.323 e. The monoisotopic (exact) mass is 201 g/mol. The van der Waals surface area contributed by atoms with E-state index in [2.05, 4.69) is 10.1 Å². The molecule has 0 fully saturated rings. The Balaban J connectivity index is 2.80. The molecule has 0 saturated heterocycles. The molecular weight excluding hydrogens is 190 g/mol. The molecule has 0 atom stereocenters. The summed E-state index contributed by atoms with van der Waals surface area (Å²) in [5.74, 6) is 5.19. The standard InChI is InChI=1S/C11H11N3O/c1-7(14-12)10-8-5-3-2-4-6-9(8)13-11(10)15/h2-6H,12H2,1H3,(H,13,15). The summed E-state index contributed by atoms with van der Waals surface area (Å²) in [5.41, 5.74) is 2.57. The summed E-state index contributed by atoms with van der Waals surface area (Å²) in [6.45, 7) is 1.72. The Morgan fingerprint density at radius 1 is 1.33 bits per heavy atom. The Morgan fingerprint density at radius 3 is 2.80 bits per heavy atom. The van der Waals surface area contributed by atoms with E-state index in [1.165, 1.54) is 0 Å². The fourth-order valence-electron chi connectivity index (χ4n) is 1.61. The molecule has 0 radical (unpaired) electrons. The lowest BCUT2D eigenvalue weighted by Gasteiger charge is -1.96. The number of hydrogen-bond donors (Lipinski definition) is 2. The van der Waals surface area contributed by atoms with Gasteiger partial charge in [-0.3, -0.25) is 4.79 Å². The van der Waals surface area contributed by atoms with Crippen LogP contribution < -0.4 is 11.4 Å². The summed E-state index contributed by atoms with van der Waals surface area (Å²) in [4.78, 5) is 14.4. The number of fused-ring (bicyclic) bond motifs is 1. The van der Waals surface area contributed by atoms with Crippen LogP contribution in [-0.4, -0.2) is 10.7 Å². The van der Waals surface area contributed by atoms with Crippen LogP contribution in [-0.2, 0) is 0 Å². The molecule has 0 unspecified atom stereocenters. The molecule has 0 spiro atoms. The molecule has 15 heavy (non-hydrogen) atoms. The zero-order valence-electron chi connectivity index (χ0n) is 8.32. The summed E-state index contributed by atoms with van der Waals surface area (Å²) in [5, 5.41) is 3.56. The average molecular weight is 201 g/mol. The number of nitrogens with one attached hydrogen (secondary N) is 1. The highest BCUT2D eigenvalue weighted by Gasteiger charge is 2.15. The second kappa shape index (κ2) is 3.57. The molecular formula is C11H11N3O. The Morgan fingerprint density at radius 2 is 2.07 bits per heavy atom. The molecule has 4 nitrogen and oxygen atoms in total. The van der Waals surface area contributed by atoms with E-state index < -0.39 is 0 Å². The van der Waals surface area contributed by atoms with Gasteiger partial charge in [0, 0.05) is 11.3 Å². The number of nitrogens with zero attached hydrogens (tertiary/aromatic N) is 1. The second-order valence-electron chi connectivity index (χ2n) is 3.28. The number of rotatable bonds is 1. The molecule has 0 aromatic rings. The van der Waals surface area contributed by atoms with Crippen LogP contribution in [0.3, 0.4) is 0 Å². The fraction of sp³-hybridized carbons (Fsp3) is 0.0909. The summed E-state index contributed by atoms with van der Waals surface area (Å²) in [6.07, 6.45) is 0. The van der Waals surface area contributed by atoms with Crippen molar-refractivity contribution < 1.29 is 0 Å². The zero-order valence-corrected chi connectivity index (χ0v) is 8.32. The second-order valence-corrected chi connectivity index (χ2v) is 3.28. The normalized spacial score (nSPS) is 11.9. The van der Waals surface area contributed by atoms with Gasteiger partial charge in [0.2, 0.25) is 0 Å². The van der Waals surface area contributed by atoms with E-state index in [9.17, 15) is 4.79 Å². The van der Waals surface area contributed by atoms with Crippen molar-refractivity contribution in [2.75, 3.05) is 0 Å². The molecule has 0 aromatic carbocycles. The van der Waals surface area contributed by atoms with E-state index in [4.69, 9.17) is 5.84 Å². The Labute approximate surface area is 86.8 Å². The predicted octanol–water partition coefficient (Wildman–Crippen LogP) is 1.16. The van der Waals surface area contributed by atoms with Crippen molar-refractivity contribution in [1.82, 2.24) is 4.98 Å². The molecule has 1 aliphatic heterocycles. The Hall–Kier alpha value is -2.10. The van der Waals surface area contributed by atoms with Crippen LogP contribution in [0, 0.1) is 0 Å². The van der Waals surface area contributed by atoms with Gasteiger partial charge in [-0.1, -0.05) is 24.3 Å². The number of nitrogens with two attached hydrogens (primary N) is 1. The molecule has 4 heteroatoms. The highest BCUT2D eigenvalue weighted by molar-refractivity contribution is 6.04. The SMILES string of the molecule is CC(=NN)c1c2cccccc-2[nH]c1=O. The third-order valence-electron chi connectivity index (χ3n) is 2.34. The van der Waals surface area contributed by atoms with E-state index in [1.807, 2.05) is 30.3 Å². The van der Waals surface area contributed by atoms with Gasteiger partial charge in [-0.25, -0.2) is 0 Å². The quantitative estimate of drug-likeness (QED) is 0.413. The molecule has 2 aliphatic rings. The predicted molar refractivity (Wildman–Crippen MR) is 60.1 cm³/mol. The molecule has 3 N–H and O–H groups in total. The van der Waals surface area contributed by atoms with Gasteiger partial charge >= 0.3 is 0 Å². The molecule has 1 heterocycles. The maximum Gasteiger partial charge on any atom is 0.258 e. The van der Waals surface area contributed by atoms with Gasteiger partial charge in [0.1, 0.15) is 0 Å². The average Bonchev–Trinajstić information content (AvgIpc) is 2.40. The van der Waals surface area contributed by atoms with Gasteiger partial charge in [-0.15, -0.1) is 0 Å². The lowest BCUT2D eigenvalue weighted by molar-refractivity contribution is 1.23. The van der Waals surface area contributed by atoms with E-state index in [0.717, 1.165) is 11.3 Å². The molecule has 0 aromatic heterocycles. The number of hydrazone groups is 1. The highest BCUT2D eigenvalue weighted by atomic mass is 16.1. The van der Waals surface area contributed by atoms with Gasteiger partial charge in [0.15, 0.2) is 0 Å². The highest BCUT2D eigenvalue weighted by Crippen LogP contribution is 2.20. The van der Waals surface area contributed by atoms with E-state index >= 15 is 0 Å². The first-order valence-corrected chi connectivity index (χ1v) is 4.60. The number of aromatic amines is 1. The van der Waals surface area contributed by atoms with Crippen LogP contribution in [0.4, 0.5) is 0 Å². The van der Waals surface area contributed by atoms with Crippen molar-refractivity contribution in [1.29, 1.82) is 0 Å². The maximum absolute atomic E-state index is 11.6. The molecule has 1 aliphatic carbocycles. The zero-order chi connectivity index (χ0) is 10.8. The topological polar surface area (TPSA) is 71.2 Å². The first-order chi connectivity index (χ1) is 7.24. The van der Waals surface area contributed by atoms with Crippen molar-refractivity contribution >= 4 is 5.71 Å². The molecule has 2 rings (SSSR count). The smallest absolute Gasteiger partial charge is 0.258 e.